The first-order chi connectivity index (χ1) is 9.08. The molecule has 1 rings (SSSR count). The van der Waals surface area contributed by atoms with E-state index in [2.05, 4.69) is 22.5 Å². The van der Waals surface area contributed by atoms with Crippen LogP contribution in [0.25, 0.3) is 0 Å². The summed E-state index contributed by atoms with van der Waals surface area (Å²) in [5.74, 6) is -1.14. The molecule has 0 spiro atoms. The van der Waals surface area contributed by atoms with Crippen LogP contribution in [0.15, 0.2) is 0 Å². The largest absolute Gasteiger partial charge is 0.480 e. The number of hydrogen-bond donors (Lipinski definition) is 4. The number of likely N-dealkylation sites (tertiary alicyclic amines) is 1. The number of aliphatic hydroxyl groups is 1. The minimum atomic E-state index is -1.14. The third kappa shape index (κ3) is 5.04. The lowest BCUT2D eigenvalue weighted by atomic mass is 10.2. The van der Waals surface area contributed by atoms with Crippen molar-refractivity contribution in [3.8, 4) is 0 Å². The van der Waals surface area contributed by atoms with E-state index in [0.717, 1.165) is 25.9 Å². The summed E-state index contributed by atoms with van der Waals surface area (Å²) >= 11 is 0. The Morgan fingerprint density at radius 2 is 2.21 bits per heavy atom. The highest BCUT2D eigenvalue weighted by molar-refractivity contribution is 5.82. The van der Waals surface area contributed by atoms with E-state index in [0.29, 0.717) is 12.6 Å². The summed E-state index contributed by atoms with van der Waals surface area (Å²) in [4.78, 5) is 24.7. The monoisotopic (exact) mass is 273 g/mol. The van der Waals surface area contributed by atoms with Crippen molar-refractivity contribution in [2.24, 2.45) is 0 Å². The Morgan fingerprint density at radius 1 is 1.47 bits per heavy atom. The molecule has 0 aliphatic carbocycles. The van der Waals surface area contributed by atoms with Crippen molar-refractivity contribution in [3.05, 3.63) is 0 Å². The number of carboxylic acids is 1. The van der Waals surface area contributed by atoms with E-state index >= 15 is 0 Å². The summed E-state index contributed by atoms with van der Waals surface area (Å²) in [7, 11) is 0. The van der Waals surface area contributed by atoms with Crippen LogP contribution in [-0.4, -0.2) is 65.4 Å². The lowest BCUT2D eigenvalue weighted by Gasteiger charge is -2.23. The zero-order valence-electron chi connectivity index (χ0n) is 11.3. The predicted octanol–water partition coefficient (Wildman–Crippen LogP) is -0.394. The van der Waals surface area contributed by atoms with Gasteiger partial charge in [0.25, 0.3) is 0 Å². The van der Waals surface area contributed by atoms with Crippen LogP contribution in [0.3, 0.4) is 0 Å². The van der Waals surface area contributed by atoms with Crippen LogP contribution in [0, 0.1) is 0 Å². The van der Waals surface area contributed by atoms with Gasteiger partial charge in [-0.3, -0.25) is 4.90 Å². The van der Waals surface area contributed by atoms with E-state index in [1.807, 2.05) is 0 Å². The Morgan fingerprint density at radius 3 is 2.79 bits per heavy atom. The molecule has 7 nitrogen and oxygen atoms in total. The van der Waals surface area contributed by atoms with E-state index in [1.165, 1.54) is 0 Å². The first-order valence-electron chi connectivity index (χ1n) is 6.70. The van der Waals surface area contributed by atoms with Gasteiger partial charge in [0.15, 0.2) is 0 Å². The van der Waals surface area contributed by atoms with Crippen LogP contribution in [0.5, 0.6) is 0 Å². The Balaban J connectivity index is 2.32. The van der Waals surface area contributed by atoms with Gasteiger partial charge in [-0.25, -0.2) is 9.59 Å². The Labute approximate surface area is 113 Å². The maximum absolute atomic E-state index is 11.6. The van der Waals surface area contributed by atoms with Crippen molar-refractivity contribution >= 4 is 12.0 Å². The summed E-state index contributed by atoms with van der Waals surface area (Å²) in [5, 5.41) is 22.6. The van der Waals surface area contributed by atoms with E-state index in [9.17, 15) is 9.59 Å². The molecule has 1 unspecified atom stereocenters. The van der Waals surface area contributed by atoms with Gasteiger partial charge >= 0.3 is 12.0 Å². The third-order valence-corrected chi connectivity index (χ3v) is 3.42. The molecule has 0 radical (unpaired) electrons. The molecule has 2 atom stereocenters. The van der Waals surface area contributed by atoms with Crippen molar-refractivity contribution in [1.82, 2.24) is 15.5 Å². The maximum Gasteiger partial charge on any atom is 0.326 e. The molecular formula is C12H23N3O4. The molecular weight excluding hydrogens is 250 g/mol. The molecule has 1 saturated heterocycles. The summed E-state index contributed by atoms with van der Waals surface area (Å²) in [5.41, 5.74) is 0. The molecule has 0 aromatic carbocycles. The van der Waals surface area contributed by atoms with Crippen molar-refractivity contribution < 1.29 is 19.8 Å². The summed E-state index contributed by atoms with van der Waals surface area (Å²) < 4.78 is 0. The first kappa shape index (κ1) is 15.7. The zero-order valence-corrected chi connectivity index (χ0v) is 11.3. The minimum absolute atomic E-state index is 0.00721. The average molecular weight is 273 g/mol. The fourth-order valence-corrected chi connectivity index (χ4v) is 2.35. The topological polar surface area (TPSA) is 102 Å². The van der Waals surface area contributed by atoms with Gasteiger partial charge in [-0.1, -0.05) is 6.92 Å². The van der Waals surface area contributed by atoms with E-state index in [-0.39, 0.29) is 13.0 Å². The Kier molecular flexibility index (Phi) is 6.58. The highest BCUT2D eigenvalue weighted by atomic mass is 16.4. The summed E-state index contributed by atoms with van der Waals surface area (Å²) in [6.07, 6.45) is 2.18. The second kappa shape index (κ2) is 7.96. The number of aliphatic carboxylic acids is 1. The molecule has 1 aliphatic rings. The fraction of sp³-hybridized carbons (Fsp3) is 0.833. The van der Waals surface area contributed by atoms with Gasteiger partial charge in [0.05, 0.1) is 0 Å². The van der Waals surface area contributed by atoms with Crippen LogP contribution in [0.4, 0.5) is 4.79 Å². The van der Waals surface area contributed by atoms with Gasteiger partial charge in [0, 0.05) is 25.6 Å². The molecule has 1 heterocycles. The SMILES string of the molecule is CCN1CCCC1CNC(=O)N[C@@H](CCO)C(=O)O. The van der Waals surface area contributed by atoms with Crippen LogP contribution in [-0.2, 0) is 4.79 Å². The second-order valence-electron chi connectivity index (χ2n) is 4.68. The number of hydrogen-bond acceptors (Lipinski definition) is 4. The molecule has 1 fully saturated rings. The maximum atomic E-state index is 11.6. The lowest BCUT2D eigenvalue weighted by Crippen LogP contribution is -2.49. The Bertz CT molecular complexity index is 311. The van der Waals surface area contributed by atoms with Gasteiger partial charge in [-0.15, -0.1) is 0 Å². The molecule has 1 aliphatic heterocycles. The van der Waals surface area contributed by atoms with Crippen molar-refractivity contribution in [2.45, 2.75) is 38.3 Å². The molecule has 0 aromatic heterocycles. The Hall–Kier alpha value is -1.34. The smallest absolute Gasteiger partial charge is 0.326 e. The normalized spacial score (nSPS) is 21.1. The van der Waals surface area contributed by atoms with Crippen molar-refractivity contribution in [1.29, 1.82) is 0 Å². The van der Waals surface area contributed by atoms with Gasteiger partial charge in [0.2, 0.25) is 0 Å². The molecule has 110 valence electrons. The van der Waals surface area contributed by atoms with Crippen molar-refractivity contribution in [2.75, 3.05) is 26.2 Å². The number of nitrogens with one attached hydrogen (secondary N) is 2. The van der Waals surface area contributed by atoms with Gasteiger partial charge < -0.3 is 20.8 Å². The van der Waals surface area contributed by atoms with Crippen LogP contribution in [0.1, 0.15) is 26.2 Å². The molecule has 0 aromatic rings. The molecule has 0 saturated carbocycles. The molecule has 4 N–H and O–H groups in total. The first-order valence-corrected chi connectivity index (χ1v) is 6.70. The molecule has 19 heavy (non-hydrogen) atoms. The number of carbonyl (C=O) groups excluding carboxylic acids is 1. The number of urea groups is 1. The average Bonchev–Trinajstić information content (AvgIpc) is 2.83. The van der Waals surface area contributed by atoms with E-state index < -0.39 is 18.0 Å². The van der Waals surface area contributed by atoms with Crippen molar-refractivity contribution in [3.63, 3.8) is 0 Å². The second-order valence-corrected chi connectivity index (χ2v) is 4.68. The van der Waals surface area contributed by atoms with E-state index in [1.54, 1.807) is 0 Å². The van der Waals surface area contributed by atoms with Crippen LogP contribution in [0.2, 0.25) is 0 Å². The predicted molar refractivity (Wildman–Crippen MR) is 69.9 cm³/mol. The quantitative estimate of drug-likeness (QED) is 0.506. The van der Waals surface area contributed by atoms with Gasteiger partial charge in [0.1, 0.15) is 6.04 Å². The lowest BCUT2D eigenvalue weighted by molar-refractivity contribution is -0.139. The highest BCUT2D eigenvalue weighted by Crippen LogP contribution is 2.15. The highest BCUT2D eigenvalue weighted by Gasteiger charge is 2.24. The van der Waals surface area contributed by atoms with Gasteiger partial charge in [-0.05, 0) is 25.9 Å². The number of likely N-dealkylation sites (N-methyl/N-ethyl adjacent to an activating group) is 1. The van der Waals surface area contributed by atoms with Gasteiger partial charge in [-0.2, -0.15) is 0 Å². The number of carboxylic acid groups (broad SMARTS) is 1. The fourth-order valence-electron chi connectivity index (χ4n) is 2.35. The number of rotatable bonds is 7. The standard InChI is InChI=1S/C12H23N3O4/c1-2-15-6-3-4-9(15)8-13-12(19)14-10(5-7-16)11(17)18/h9-10,16H,2-8H2,1H3,(H,17,18)(H2,13,14,19)/t9?,10-/m0/s1. The molecule has 2 amide bonds. The third-order valence-electron chi connectivity index (χ3n) is 3.42. The molecule has 7 heteroatoms. The number of amides is 2. The summed E-state index contributed by atoms with van der Waals surface area (Å²) in [6, 6.07) is -1.21. The van der Waals surface area contributed by atoms with Crippen LogP contribution < -0.4 is 10.6 Å². The van der Waals surface area contributed by atoms with Crippen LogP contribution >= 0.6 is 0 Å². The number of nitrogens with zero attached hydrogens (tertiary/aromatic N) is 1. The zero-order chi connectivity index (χ0) is 14.3. The summed E-state index contributed by atoms with van der Waals surface area (Å²) in [6.45, 7) is 4.33. The number of aliphatic hydroxyl groups excluding tert-OH is 1. The number of carbonyl (C=O) groups is 2. The van der Waals surface area contributed by atoms with E-state index in [4.69, 9.17) is 10.2 Å². The molecule has 0 bridgehead atoms. The minimum Gasteiger partial charge on any atom is -0.480 e.